The van der Waals surface area contributed by atoms with E-state index in [1.165, 1.54) is 24.3 Å². The normalized spacial score (nSPS) is 16.7. The van der Waals surface area contributed by atoms with Crippen LogP contribution in [0.5, 0.6) is 0 Å². The van der Waals surface area contributed by atoms with Crippen molar-refractivity contribution in [3.8, 4) is 0 Å². The van der Waals surface area contributed by atoms with Gasteiger partial charge in [-0.25, -0.2) is 17.5 Å². The van der Waals surface area contributed by atoms with E-state index in [0.29, 0.717) is 6.54 Å². The smallest absolute Gasteiger partial charge is 0.287 e. The van der Waals surface area contributed by atoms with Gasteiger partial charge in [-0.2, -0.15) is 0 Å². The van der Waals surface area contributed by atoms with E-state index < -0.39 is 21.5 Å². The van der Waals surface area contributed by atoms with Crippen LogP contribution in [0.2, 0.25) is 0 Å². The first-order valence-electron chi connectivity index (χ1n) is 9.69. The number of rotatable bonds is 6. The Labute approximate surface area is 170 Å². The minimum absolute atomic E-state index is 0.0634. The van der Waals surface area contributed by atoms with Gasteiger partial charge in [0.25, 0.3) is 15.9 Å². The van der Waals surface area contributed by atoms with Gasteiger partial charge in [0.15, 0.2) is 5.76 Å². The Morgan fingerprint density at radius 2 is 1.72 bits per heavy atom. The Morgan fingerprint density at radius 3 is 2.31 bits per heavy atom. The zero-order chi connectivity index (χ0) is 21.3. The summed E-state index contributed by atoms with van der Waals surface area (Å²) >= 11 is 0. The van der Waals surface area contributed by atoms with E-state index in [1.54, 1.807) is 32.9 Å². The fraction of sp³-hybridized carbons (Fsp3) is 0.476. The molecule has 8 heteroatoms. The first-order valence-corrected chi connectivity index (χ1v) is 11.2. The maximum absolute atomic E-state index is 13.3. The lowest BCUT2D eigenvalue weighted by Gasteiger charge is -2.30. The number of halogens is 1. The average molecular weight is 423 g/mol. The third-order valence-corrected chi connectivity index (χ3v) is 6.75. The van der Waals surface area contributed by atoms with Crippen LogP contribution >= 0.6 is 0 Å². The highest BCUT2D eigenvalue weighted by Crippen LogP contribution is 2.40. The number of furan rings is 1. The molecule has 0 radical (unpaired) electrons. The molecule has 0 saturated heterocycles. The molecule has 2 N–H and O–H groups in total. The molecule has 29 heavy (non-hydrogen) atoms. The van der Waals surface area contributed by atoms with Crippen molar-refractivity contribution >= 4 is 15.9 Å². The first-order chi connectivity index (χ1) is 13.5. The maximum Gasteiger partial charge on any atom is 0.287 e. The number of benzene rings is 1. The zero-order valence-corrected chi connectivity index (χ0v) is 17.7. The average Bonchev–Trinajstić information content (AvgIpc) is 3.29. The summed E-state index contributed by atoms with van der Waals surface area (Å²) in [6, 6.07) is 9.03. The van der Waals surface area contributed by atoms with Crippen LogP contribution in [0, 0.1) is 5.82 Å². The summed E-state index contributed by atoms with van der Waals surface area (Å²) < 4.78 is 45.8. The molecule has 1 aliphatic rings. The van der Waals surface area contributed by atoms with Crippen LogP contribution in [-0.2, 0) is 15.4 Å². The van der Waals surface area contributed by atoms with Crippen molar-refractivity contribution < 1.29 is 22.0 Å². The highest BCUT2D eigenvalue weighted by molar-refractivity contribution is 7.89. The van der Waals surface area contributed by atoms with Crippen molar-refractivity contribution in [3.63, 3.8) is 0 Å². The Kier molecular flexibility index (Phi) is 5.87. The molecule has 1 amide bonds. The van der Waals surface area contributed by atoms with Crippen LogP contribution in [0.4, 0.5) is 4.39 Å². The van der Waals surface area contributed by atoms with Crippen molar-refractivity contribution in [1.82, 2.24) is 10.0 Å². The molecule has 3 rings (SSSR count). The van der Waals surface area contributed by atoms with Gasteiger partial charge < -0.3 is 9.73 Å². The topological polar surface area (TPSA) is 88.4 Å². The summed E-state index contributed by atoms with van der Waals surface area (Å²) in [6.07, 6.45) is 3.86. The van der Waals surface area contributed by atoms with Gasteiger partial charge in [-0.1, -0.05) is 25.0 Å². The quantitative estimate of drug-likeness (QED) is 0.742. The number of carbonyl (C=O) groups excluding carboxylic acids is 1. The molecule has 158 valence electrons. The Hall–Kier alpha value is -2.19. The molecule has 0 unspecified atom stereocenters. The summed E-state index contributed by atoms with van der Waals surface area (Å²) in [6.45, 7) is 5.54. The molecule has 1 heterocycles. The van der Waals surface area contributed by atoms with Crippen LogP contribution in [0.25, 0.3) is 0 Å². The Bertz CT molecular complexity index is 969. The largest absolute Gasteiger partial charge is 0.438 e. The molecular formula is C21H27FN2O4S. The third kappa shape index (κ3) is 5.05. The van der Waals surface area contributed by atoms with E-state index in [9.17, 15) is 17.6 Å². The lowest BCUT2D eigenvalue weighted by molar-refractivity contribution is 0.0910. The summed E-state index contributed by atoms with van der Waals surface area (Å²) in [5.41, 5.74) is 0.0743. The molecule has 1 aromatic heterocycles. The molecule has 0 spiro atoms. The van der Waals surface area contributed by atoms with Gasteiger partial charge in [0, 0.05) is 17.5 Å². The number of hydrogen-bond acceptors (Lipinski definition) is 4. The number of amides is 1. The van der Waals surface area contributed by atoms with Gasteiger partial charge in [-0.15, -0.1) is 0 Å². The van der Waals surface area contributed by atoms with E-state index in [0.717, 1.165) is 31.2 Å². The van der Waals surface area contributed by atoms with Crippen molar-refractivity contribution in [3.05, 3.63) is 53.5 Å². The van der Waals surface area contributed by atoms with Crippen LogP contribution < -0.4 is 10.0 Å². The van der Waals surface area contributed by atoms with E-state index in [1.807, 2.05) is 0 Å². The molecule has 1 saturated carbocycles. The molecule has 0 aliphatic heterocycles. The van der Waals surface area contributed by atoms with Crippen molar-refractivity contribution in [2.45, 2.75) is 62.5 Å². The first kappa shape index (κ1) is 21.5. The van der Waals surface area contributed by atoms with Crippen molar-refractivity contribution in [2.75, 3.05) is 6.54 Å². The predicted molar refractivity (Wildman–Crippen MR) is 108 cm³/mol. The Morgan fingerprint density at radius 1 is 1.10 bits per heavy atom. The minimum Gasteiger partial charge on any atom is -0.438 e. The molecule has 6 nitrogen and oxygen atoms in total. The monoisotopic (exact) mass is 422 g/mol. The van der Waals surface area contributed by atoms with Gasteiger partial charge in [0.05, 0.1) is 0 Å². The summed E-state index contributed by atoms with van der Waals surface area (Å²) in [7, 11) is -3.85. The molecule has 1 aromatic carbocycles. The van der Waals surface area contributed by atoms with Crippen molar-refractivity contribution in [2.24, 2.45) is 0 Å². The van der Waals surface area contributed by atoms with Gasteiger partial charge >= 0.3 is 0 Å². The summed E-state index contributed by atoms with van der Waals surface area (Å²) in [5.74, 6) is -0.832. The zero-order valence-electron chi connectivity index (χ0n) is 16.9. The fourth-order valence-corrected chi connectivity index (χ4v) is 5.15. The van der Waals surface area contributed by atoms with E-state index in [2.05, 4.69) is 10.0 Å². The number of carbonyl (C=O) groups is 1. The summed E-state index contributed by atoms with van der Waals surface area (Å²) in [5, 5.41) is 2.57. The second-order valence-electron chi connectivity index (χ2n) is 8.65. The summed E-state index contributed by atoms with van der Waals surface area (Å²) in [4.78, 5) is 12.6. The molecule has 0 atom stereocenters. The lowest BCUT2D eigenvalue weighted by atomic mass is 9.79. The molecule has 2 aromatic rings. The number of hydrogen-bond donors (Lipinski definition) is 2. The van der Waals surface area contributed by atoms with Gasteiger partial charge in [0.2, 0.25) is 5.09 Å². The van der Waals surface area contributed by atoms with Crippen LogP contribution in [0.1, 0.15) is 62.6 Å². The third-order valence-electron chi connectivity index (χ3n) is 5.12. The SMILES string of the molecule is CC(C)(C)NS(=O)(=O)c1ccc(C(=O)NCC2(c3ccc(F)cc3)CCCC2)o1. The standard InChI is InChI=1S/C21H27FN2O4S/c1-20(2,3)24-29(26,27)18-11-10-17(28-18)19(25)23-14-21(12-4-5-13-21)15-6-8-16(22)9-7-15/h6-11,24H,4-5,12-14H2,1-3H3,(H,23,25). The van der Waals surface area contributed by atoms with Crippen molar-refractivity contribution in [1.29, 1.82) is 0 Å². The molecule has 1 aliphatic carbocycles. The second kappa shape index (κ2) is 7.91. The number of sulfonamides is 1. The maximum atomic E-state index is 13.3. The molecular weight excluding hydrogens is 395 g/mol. The van der Waals surface area contributed by atoms with Gasteiger partial charge in [-0.3, -0.25) is 4.79 Å². The Balaban J connectivity index is 1.72. The van der Waals surface area contributed by atoms with Crippen LogP contribution in [0.15, 0.2) is 45.9 Å². The second-order valence-corrected chi connectivity index (χ2v) is 10.3. The molecule has 1 fully saturated rings. The minimum atomic E-state index is -3.85. The number of nitrogens with one attached hydrogen (secondary N) is 2. The predicted octanol–water partition coefficient (Wildman–Crippen LogP) is 3.74. The van der Waals surface area contributed by atoms with E-state index in [-0.39, 0.29) is 22.1 Å². The van der Waals surface area contributed by atoms with Gasteiger partial charge in [-0.05, 0) is 63.4 Å². The van der Waals surface area contributed by atoms with Crippen LogP contribution in [0.3, 0.4) is 0 Å². The lowest BCUT2D eigenvalue weighted by Crippen LogP contribution is -2.40. The highest BCUT2D eigenvalue weighted by atomic mass is 32.2. The van der Waals surface area contributed by atoms with E-state index >= 15 is 0 Å². The van der Waals surface area contributed by atoms with Crippen LogP contribution in [-0.4, -0.2) is 26.4 Å². The van der Waals surface area contributed by atoms with E-state index in [4.69, 9.17) is 4.42 Å². The van der Waals surface area contributed by atoms with Gasteiger partial charge in [0.1, 0.15) is 5.82 Å². The fourth-order valence-electron chi connectivity index (χ4n) is 3.80. The highest BCUT2D eigenvalue weighted by Gasteiger charge is 2.36. The molecule has 0 bridgehead atoms.